The van der Waals surface area contributed by atoms with E-state index in [1.54, 1.807) is 12.1 Å². The fourth-order valence-corrected chi connectivity index (χ4v) is 2.28. The first kappa shape index (κ1) is 18.6. The Morgan fingerprint density at radius 1 is 1.36 bits per heavy atom. The van der Waals surface area contributed by atoms with Crippen LogP contribution in [-0.2, 0) is 14.3 Å². The monoisotopic (exact) mass is 364 g/mol. The molecule has 1 heterocycles. The smallest absolute Gasteiger partial charge is 0.331 e. The van der Waals surface area contributed by atoms with Crippen molar-refractivity contribution < 1.29 is 23.8 Å². The molecule has 132 valence electrons. The lowest BCUT2D eigenvalue weighted by Gasteiger charge is -2.09. The molecule has 0 aliphatic carbocycles. The van der Waals surface area contributed by atoms with Gasteiger partial charge in [0.2, 0.25) is 0 Å². The Morgan fingerprint density at radius 2 is 2.16 bits per heavy atom. The number of ether oxygens (including phenoxy) is 3. The first-order chi connectivity index (χ1) is 12.1. The first-order valence-electron chi connectivity index (χ1n) is 7.68. The number of hydrogen-bond acceptors (Lipinski definition) is 6. The number of esters is 1. The van der Waals surface area contributed by atoms with Gasteiger partial charge in [-0.25, -0.2) is 4.79 Å². The highest BCUT2D eigenvalue weighted by molar-refractivity contribution is 6.32. The van der Waals surface area contributed by atoms with E-state index in [0.29, 0.717) is 35.3 Å². The van der Waals surface area contributed by atoms with Crippen molar-refractivity contribution in [2.45, 2.75) is 12.8 Å². The van der Waals surface area contributed by atoms with Gasteiger partial charge in [0.25, 0.3) is 5.91 Å². The zero-order chi connectivity index (χ0) is 18.1. The van der Waals surface area contributed by atoms with Gasteiger partial charge in [-0.3, -0.25) is 4.79 Å². The number of benzene rings is 1. The number of amides is 1. The topological polar surface area (TPSA) is 97.7 Å². The minimum atomic E-state index is -0.668. The Kier molecular flexibility index (Phi) is 7.11. The molecule has 2 rings (SSSR count). The van der Waals surface area contributed by atoms with Crippen LogP contribution < -0.4 is 14.8 Å². The van der Waals surface area contributed by atoms with Crippen LogP contribution in [0.4, 0.5) is 0 Å². The highest BCUT2D eigenvalue weighted by atomic mass is 35.5. The number of rotatable bonds is 6. The van der Waals surface area contributed by atoms with Gasteiger partial charge in [-0.1, -0.05) is 11.6 Å². The van der Waals surface area contributed by atoms with E-state index in [-0.39, 0.29) is 13.0 Å². The summed E-state index contributed by atoms with van der Waals surface area (Å²) in [6, 6.07) is 5.25. The van der Waals surface area contributed by atoms with Crippen molar-refractivity contribution in [3.8, 4) is 17.6 Å². The van der Waals surface area contributed by atoms with Gasteiger partial charge in [-0.05, 0) is 23.8 Å². The Morgan fingerprint density at radius 3 is 2.96 bits per heavy atom. The van der Waals surface area contributed by atoms with Crippen molar-refractivity contribution in [1.29, 1.82) is 5.26 Å². The molecule has 1 aliphatic rings. The van der Waals surface area contributed by atoms with Crippen LogP contribution in [0.5, 0.6) is 11.5 Å². The van der Waals surface area contributed by atoms with E-state index in [1.807, 2.05) is 6.07 Å². The molecule has 0 radical (unpaired) electrons. The Balaban J connectivity index is 1.89. The summed E-state index contributed by atoms with van der Waals surface area (Å²) < 4.78 is 15.9. The zero-order valence-electron chi connectivity index (χ0n) is 13.4. The van der Waals surface area contributed by atoms with Gasteiger partial charge in [-0.15, -0.1) is 0 Å². The van der Waals surface area contributed by atoms with E-state index in [0.717, 1.165) is 6.42 Å². The zero-order valence-corrected chi connectivity index (χ0v) is 14.2. The third-order valence-electron chi connectivity index (χ3n) is 3.14. The summed E-state index contributed by atoms with van der Waals surface area (Å²) in [5.41, 5.74) is 0.643. The molecule has 7 nitrogen and oxygen atoms in total. The van der Waals surface area contributed by atoms with Crippen LogP contribution in [0.15, 0.2) is 18.2 Å². The van der Waals surface area contributed by atoms with E-state index in [2.05, 4.69) is 5.32 Å². The highest BCUT2D eigenvalue weighted by Gasteiger charge is 2.15. The molecule has 0 bridgehead atoms. The maximum Gasteiger partial charge on any atom is 0.331 e. The number of fused-ring (bicyclic) bond motifs is 1. The number of carbonyl (C=O) groups is 2. The molecule has 1 aromatic carbocycles. The van der Waals surface area contributed by atoms with E-state index in [4.69, 9.17) is 31.1 Å². The summed E-state index contributed by atoms with van der Waals surface area (Å²) >= 11 is 6.17. The molecule has 0 atom stereocenters. The molecule has 1 N–H and O–H groups in total. The Hall–Kier alpha value is -2.72. The van der Waals surface area contributed by atoms with Crippen LogP contribution in [0.1, 0.15) is 18.4 Å². The van der Waals surface area contributed by atoms with Crippen molar-refractivity contribution in [3.05, 3.63) is 28.8 Å². The maximum atomic E-state index is 11.6. The summed E-state index contributed by atoms with van der Waals surface area (Å²) in [6.45, 7) is 0.874. The van der Waals surface area contributed by atoms with Crippen molar-refractivity contribution in [2.24, 2.45) is 0 Å². The molecule has 0 unspecified atom stereocenters. The standard InChI is InChI=1S/C17H17ClN2O5/c18-13-9-12(10-14-17(13)24-8-2-7-23-14)3-4-16(22)25-11-15(21)20-6-1-5-19/h3-4,9-10H,1-2,6-8,11H2,(H,20,21)/b4-3+. The minimum Gasteiger partial charge on any atom is -0.489 e. The maximum absolute atomic E-state index is 11.6. The van der Waals surface area contributed by atoms with E-state index < -0.39 is 18.5 Å². The molecule has 0 fully saturated rings. The molecule has 1 aliphatic heterocycles. The summed E-state index contributed by atoms with van der Waals surface area (Å²) in [6.07, 6.45) is 3.66. The molecule has 0 spiro atoms. The second-order valence-electron chi connectivity index (χ2n) is 5.08. The highest BCUT2D eigenvalue weighted by Crippen LogP contribution is 2.38. The van der Waals surface area contributed by atoms with Crippen LogP contribution in [0.25, 0.3) is 6.08 Å². The number of nitrogens with zero attached hydrogens (tertiary/aromatic N) is 1. The summed E-state index contributed by atoms with van der Waals surface area (Å²) in [7, 11) is 0. The second kappa shape index (κ2) is 9.55. The number of nitrogens with one attached hydrogen (secondary N) is 1. The van der Waals surface area contributed by atoms with Crippen LogP contribution in [0, 0.1) is 11.3 Å². The van der Waals surface area contributed by atoms with Gasteiger partial charge in [0.15, 0.2) is 18.1 Å². The third kappa shape index (κ3) is 6.01. The largest absolute Gasteiger partial charge is 0.489 e. The SMILES string of the molecule is N#CCCNC(=O)COC(=O)/C=C/c1cc(Cl)c2c(c1)OCCCO2. The Labute approximate surface area is 150 Å². The second-order valence-corrected chi connectivity index (χ2v) is 5.49. The molecular formula is C17H17ClN2O5. The third-order valence-corrected chi connectivity index (χ3v) is 3.42. The summed E-state index contributed by atoms with van der Waals surface area (Å²) in [5, 5.41) is 11.2. The average molecular weight is 365 g/mol. The van der Waals surface area contributed by atoms with Crippen LogP contribution in [-0.4, -0.2) is 38.2 Å². The van der Waals surface area contributed by atoms with Crippen LogP contribution >= 0.6 is 11.6 Å². The van der Waals surface area contributed by atoms with E-state index >= 15 is 0 Å². The quantitative estimate of drug-likeness (QED) is 0.471. The number of nitriles is 1. The molecule has 1 aromatic rings. The van der Waals surface area contributed by atoms with Crippen LogP contribution in [0.3, 0.4) is 0 Å². The van der Waals surface area contributed by atoms with Crippen molar-refractivity contribution >= 4 is 29.6 Å². The molecular weight excluding hydrogens is 348 g/mol. The predicted octanol–water partition coefficient (Wildman–Crippen LogP) is 2.09. The fraction of sp³-hybridized carbons (Fsp3) is 0.353. The fourth-order valence-electron chi connectivity index (χ4n) is 2.00. The molecule has 8 heteroatoms. The first-order valence-corrected chi connectivity index (χ1v) is 8.05. The van der Waals surface area contributed by atoms with Gasteiger partial charge < -0.3 is 19.5 Å². The van der Waals surface area contributed by atoms with Gasteiger partial charge in [0, 0.05) is 19.0 Å². The number of hydrogen-bond donors (Lipinski definition) is 1. The van der Waals surface area contributed by atoms with Gasteiger partial charge >= 0.3 is 5.97 Å². The Bertz CT molecular complexity index is 712. The van der Waals surface area contributed by atoms with E-state index in [1.165, 1.54) is 12.2 Å². The lowest BCUT2D eigenvalue weighted by atomic mass is 10.2. The van der Waals surface area contributed by atoms with E-state index in [9.17, 15) is 9.59 Å². The lowest BCUT2D eigenvalue weighted by molar-refractivity contribution is -0.143. The minimum absolute atomic E-state index is 0.199. The summed E-state index contributed by atoms with van der Waals surface area (Å²) in [5.74, 6) is -0.114. The predicted molar refractivity (Wildman–Crippen MR) is 90.3 cm³/mol. The summed E-state index contributed by atoms with van der Waals surface area (Å²) in [4.78, 5) is 23.0. The van der Waals surface area contributed by atoms with Gasteiger partial charge in [0.1, 0.15) is 0 Å². The number of halogens is 1. The number of carbonyl (C=O) groups excluding carboxylic acids is 2. The normalized spacial score (nSPS) is 13.0. The molecule has 0 saturated heterocycles. The van der Waals surface area contributed by atoms with Gasteiger partial charge in [-0.2, -0.15) is 5.26 Å². The van der Waals surface area contributed by atoms with Crippen molar-refractivity contribution in [2.75, 3.05) is 26.4 Å². The van der Waals surface area contributed by atoms with Crippen molar-refractivity contribution in [1.82, 2.24) is 5.32 Å². The molecule has 25 heavy (non-hydrogen) atoms. The lowest BCUT2D eigenvalue weighted by Crippen LogP contribution is -2.29. The van der Waals surface area contributed by atoms with Gasteiger partial charge in [0.05, 0.1) is 30.7 Å². The molecule has 0 saturated carbocycles. The molecule has 0 aromatic heterocycles. The molecule has 1 amide bonds. The van der Waals surface area contributed by atoms with Crippen LogP contribution in [0.2, 0.25) is 5.02 Å². The van der Waals surface area contributed by atoms with Crippen molar-refractivity contribution in [3.63, 3.8) is 0 Å². The average Bonchev–Trinajstić information content (AvgIpc) is 2.84.